The first-order valence-electron chi connectivity index (χ1n) is 4.00. The molecule has 0 aliphatic heterocycles. The normalized spacial score (nSPS) is 9.77. The molecule has 66 valence electrons. The first-order valence-corrected chi connectivity index (χ1v) is 4.00. The van der Waals surface area contributed by atoms with Crippen molar-refractivity contribution in [1.29, 1.82) is 0 Å². The Hall–Kier alpha value is -1.29. The van der Waals surface area contributed by atoms with Gasteiger partial charge in [0, 0.05) is 5.56 Å². The van der Waals surface area contributed by atoms with Gasteiger partial charge in [0.2, 0.25) is 0 Å². The highest BCUT2D eigenvalue weighted by Crippen LogP contribution is 2.05. The van der Waals surface area contributed by atoms with Crippen LogP contribution in [0, 0.1) is 13.8 Å². The van der Waals surface area contributed by atoms with Crippen LogP contribution in [0.3, 0.4) is 0 Å². The van der Waals surface area contributed by atoms with Crippen LogP contribution < -0.4 is 16.7 Å². The van der Waals surface area contributed by atoms with Crippen LogP contribution in [0.15, 0.2) is 12.1 Å². The molecule has 0 saturated heterocycles. The van der Waals surface area contributed by atoms with Crippen molar-refractivity contribution in [3.63, 3.8) is 0 Å². The Kier molecular flexibility index (Phi) is 2.73. The number of amides is 1. The molecule has 0 fully saturated rings. The van der Waals surface area contributed by atoms with Crippen molar-refractivity contribution in [2.45, 2.75) is 13.8 Å². The molecule has 4 heteroatoms. The molecule has 0 aliphatic carbocycles. The van der Waals surface area contributed by atoms with Crippen LogP contribution in [0.5, 0.6) is 0 Å². The summed E-state index contributed by atoms with van der Waals surface area (Å²) in [6.07, 6.45) is 0. The molecule has 1 aromatic carbocycles. The third-order valence-corrected chi connectivity index (χ3v) is 2.02. The summed E-state index contributed by atoms with van der Waals surface area (Å²) in [4.78, 5) is 11.2. The van der Waals surface area contributed by atoms with Gasteiger partial charge in [0.15, 0.2) is 0 Å². The summed E-state index contributed by atoms with van der Waals surface area (Å²) in [5.74, 6) is 3.12. The average molecular weight is 175 g/mol. The van der Waals surface area contributed by atoms with E-state index < -0.39 is 0 Å². The fourth-order valence-corrected chi connectivity index (χ4v) is 1.21. The third kappa shape index (κ3) is 1.90. The lowest BCUT2D eigenvalue weighted by Gasteiger charge is -2.07. The van der Waals surface area contributed by atoms with E-state index in [9.17, 15) is 4.79 Å². The smallest absolute Gasteiger partial charge is 0.264 e. The summed E-state index contributed by atoms with van der Waals surface area (Å²) in [6, 6.07) is 3.51. The molecule has 0 bridgehead atoms. The maximum Gasteiger partial charge on any atom is 0.295 e. The van der Waals surface area contributed by atoms with Crippen molar-refractivity contribution in [3.8, 4) is 0 Å². The molecule has 1 aromatic rings. The SMILES string of the molecule is [B]c1c(C)cc(C(=O)N[NH3+])cc1C. The molecule has 2 radical (unpaired) electrons. The van der Waals surface area contributed by atoms with Gasteiger partial charge < -0.3 is 0 Å². The van der Waals surface area contributed by atoms with Gasteiger partial charge in [0.05, 0.1) is 0 Å². The maximum atomic E-state index is 11.2. The van der Waals surface area contributed by atoms with Gasteiger partial charge in [0.1, 0.15) is 7.85 Å². The summed E-state index contributed by atoms with van der Waals surface area (Å²) >= 11 is 0. The fraction of sp³-hybridized carbons (Fsp3) is 0.222. The summed E-state index contributed by atoms with van der Waals surface area (Å²) < 4.78 is 0. The van der Waals surface area contributed by atoms with E-state index >= 15 is 0 Å². The minimum atomic E-state index is -0.189. The number of carbonyl (C=O) groups is 1. The zero-order valence-corrected chi connectivity index (χ0v) is 7.85. The summed E-state index contributed by atoms with van der Waals surface area (Å²) in [6.45, 7) is 3.75. The molecule has 4 N–H and O–H groups in total. The minimum Gasteiger partial charge on any atom is -0.264 e. The number of hydrogen-bond acceptors (Lipinski definition) is 1. The second-order valence-corrected chi connectivity index (χ2v) is 3.03. The highest BCUT2D eigenvalue weighted by Gasteiger charge is 2.07. The van der Waals surface area contributed by atoms with E-state index in [0.717, 1.165) is 16.6 Å². The van der Waals surface area contributed by atoms with Crippen LogP contribution in [0.4, 0.5) is 0 Å². The van der Waals surface area contributed by atoms with E-state index in [0.29, 0.717) is 5.56 Å². The van der Waals surface area contributed by atoms with Crippen LogP contribution in [0.1, 0.15) is 21.5 Å². The predicted octanol–water partition coefficient (Wildman–Crippen LogP) is -1.02. The Morgan fingerprint density at radius 2 is 1.85 bits per heavy atom. The first kappa shape index (κ1) is 9.80. The van der Waals surface area contributed by atoms with Crippen molar-refractivity contribution < 1.29 is 10.6 Å². The Labute approximate surface area is 78.7 Å². The van der Waals surface area contributed by atoms with Crippen LogP contribution in [0.2, 0.25) is 0 Å². The van der Waals surface area contributed by atoms with Crippen molar-refractivity contribution in [1.82, 2.24) is 5.43 Å². The summed E-state index contributed by atoms with van der Waals surface area (Å²) in [5.41, 5.74) is 5.49. The topological polar surface area (TPSA) is 56.7 Å². The molecule has 0 heterocycles. The van der Waals surface area contributed by atoms with Gasteiger partial charge in [-0.3, -0.25) is 10.6 Å². The Morgan fingerprint density at radius 3 is 2.23 bits per heavy atom. The van der Waals surface area contributed by atoms with E-state index in [2.05, 4.69) is 11.3 Å². The third-order valence-electron chi connectivity index (χ3n) is 2.02. The van der Waals surface area contributed by atoms with Crippen LogP contribution in [-0.4, -0.2) is 13.8 Å². The molecule has 3 nitrogen and oxygen atoms in total. The molecule has 0 saturated carbocycles. The fourth-order valence-electron chi connectivity index (χ4n) is 1.21. The molecule has 1 rings (SSSR count). The number of aryl methyl sites for hydroxylation is 2. The quantitative estimate of drug-likeness (QED) is 0.416. The highest BCUT2D eigenvalue weighted by atomic mass is 16.2. The van der Waals surface area contributed by atoms with E-state index in [1.165, 1.54) is 0 Å². The molecule has 0 atom stereocenters. The standard InChI is InChI=1S/C9H11BN2O/c1-5-3-7(9(13)12-11)4-6(2)8(5)10/h3-4H,11H2,1-2H3,(H,12,13)/p+1. The second-order valence-electron chi connectivity index (χ2n) is 3.03. The molecule has 0 spiro atoms. The lowest BCUT2D eigenvalue weighted by Crippen LogP contribution is -2.67. The van der Waals surface area contributed by atoms with Gasteiger partial charge in [-0.15, -0.1) is 0 Å². The molecule has 0 aromatic heterocycles. The van der Waals surface area contributed by atoms with E-state index in [1.807, 2.05) is 13.8 Å². The minimum absolute atomic E-state index is 0.189. The summed E-state index contributed by atoms with van der Waals surface area (Å²) in [7, 11) is 5.75. The lowest BCUT2D eigenvalue weighted by molar-refractivity contribution is -0.422. The van der Waals surface area contributed by atoms with Gasteiger partial charge in [-0.25, -0.2) is 5.43 Å². The lowest BCUT2D eigenvalue weighted by atomic mass is 9.85. The highest BCUT2D eigenvalue weighted by molar-refractivity contribution is 6.34. The molecular formula is C9H12BN2O+. The zero-order chi connectivity index (χ0) is 10.0. The molecule has 1 amide bonds. The average Bonchev–Trinajstić information content (AvgIpc) is 2.12. The van der Waals surface area contributed by atoms with E-state index in [1.54, 1.807) is 12.1 Å². The number of quaternary nitrogens is 1. The molecular weight excluding hydrogens is 163 g/mol. The Bertz CT molecular complexity index is 326. The largest absolute Gasteiger partial charge is 0.295 e. The second kappa shape index (κ2) is 3.62. The number of rotatable bonds is 1. The predicted molar refractivity (Wildman–Crippen MR) is 51.7 cm³/mol. The first-order chi connectivity index (χ1) is 6.06. The van der Waals surface area contributed by atoms with Gasteiger partial charge in [-0.1, -0.05) is 16.6 Å². The molecule has 13 heavy (non-hydrogen) atoms. The van der Waals surface area contributed by atoms with Crippen molar-refractivity contribution >= 4 is 19.2 Å². The zero-order valence-electron chi connectivity index (χ0n) is 7.85. The molecule has 0 unspecified atom stereocenters. The van der Waals surface area contributed by atoms with Crippen LogP contribution in [0.25, 0.3) is 0 Å². The van der Waals surface area contributed by atoms with E-state index in [4.69, 9.17) is 7.85 Å². The van der Waals surface area contributed by atoms with Crippen molar-refractivity contribution in [2.75, 3.05) is 0 Å². The maximum absolute atomic E-state index is 11.2. The number of nitrogens with one attached hydrogen (secondary N) is 1. The van der Waals surface area contributed by atoms with Crippen molar-refractivity contribution in [2.24, 2.45) is 0 Å². The van der Waals surface area contributed by atoms with Crippen LogP contribution in [-0.2, 0) is 0 Å². The number of hydrogen-bond donors (Lipinski definition) is 2. The van der Waals surface area contributed by atoms with Gasteiger partial charge >= 0.3 is 0 Å². The van der Waals surface area contributed by atoms with Gasteiger partial charge in [-0.2, -0.15) is 0 Å². The Balaban J connectivity index is 3.20. The van der Waals surface area contributed by atoms with Crippen LogP contribution >= 0.6 is 0 Å². The Morgan fingerprint density at radius 1 is 1.38 bits per heavy atom. The van der Waals surface area contributed by atoms with Gasteiger partial charge in [0.25, 0.3) is 5.91 Å². The summed E-state index contributed by atoms with van der Waals surface area (Å²) in [5, 5.41) is 0. The number of benzene rings is 1. The van der Waals surface area contributed by atoms with Crippen molar-refractivity contribution in [3.05, 3.63) is 28.8 Å². The van der Waals surface area contributed by atoms with E-state index in [-0.39, 0.29) is 5.91 Å². The monoisotopic (exact) mass is 175 g/mol. The van der Waals surface area contributed by atoms with Gasteiger partial charge in [-0.05, 0) is 26.0 Å². The number of carbonyl (C=O) groups excluding carboxylic acids is 1. The molecule has 0 aliphatic rings.